The van der Waals surface area contributed by atoms with E-state index in [2.05, 4.69) is 54.8 Å². The molecule has 0 bridgehead atoms. The lowest BCUT2D eigenvalue weighted by Crippen LogP contribution is -2.35. The molecule has 0 aliphatic rings. The van der Waals surface area contributed by atoms with Crippen LogP contribution in [0.25, 0.3) is 0 Å². The Bertz CT molecular complexity index is 393. The Morgan fingerprint density at radius 1 is 1.26 bits per heavy atom. The van der Waals surface area contributed by atoms with Crippen LogP contribution in [0.5, 0.6) is 0 Å². The number of nitrogens with zero attached hydrogens (tertiary/aromatic N) is 3. The van der Waals surface area contributed by atoms with E-state index in [0.717, 1.165) is 23.7 Å². The van der Waals surface area contributed by atoms with Gasteiger partial charge in [-0.15, -0.1) is 0 Å². The number of rotatable bonds is 7. The van der Waals surface area contributed by atoms with Crippen LogP contribution in [0.4, 0.5) is 11.6 Å². The van der Waals surface area contributed by atoms with Crippen molar-refractivity contribution >= 4 is 11.6 Å². The molecular formula is C14H26N4O. The summed E-state index contributed by atoms with van der Waals surface area (Å²) in [7, 11) is 0. The van der Waals surface area contributed by atoms with E-state index in [4.69, 9.17) is 0 Å². The topological polar surface area (TPSA) is 61.3 Å². The maximum atomic E-state index is 9.25. The number of hydrogen-bond acceptors (Lipinski definition) is 5. The average molecular weight is 266 g/mol. The average Bonchev–Trinajstić information content (AvgIpc) is 2.35. The highest BCUT2D eigenvalue weighted by Gasteiger charge is 2.21. The number of aliphatic hydroxyl groups is 1. The van der Waals surface area contributed by atoms with Gasteiger partial charge in [-0.3, -0.25) is 0 Å². The molecule has 1 aromatic rings. The van der Waals surface area contributed by atoms with Crippen LogP contribution in [0, 0.1) is 0 Å². The molecule has 0 atom stereocenters. The summed E-state index contributed by atoms with van der Waals surface area (Å²) in [5, 5.41) is 12.5. The second kappa shape index (κ2) is 7.28. The highest BCUT2D eigenvalue weighted by atomic mass is 16.3. The van der Waals surface area contributed by atoms with Gasteiger partial charge in [-0.2, -0.15) is 0 Å². The minimum atomic E-state index is 0.121. The lowest BCUT2D eigenvalue weighted by atomic mass is 10.0. The highest BCUT2D eigenvalue weighted by Crippen LogP contribution is 2.31. The van der Waals surface area contributed by atoms with E-state index < -0.39 is 0 Å². The van der Waals surface area contributed by atoms with Crippen molar-refractivity contribution in [3.05, 3.63) is 11.9 Å². The van der Waals surface area contributed by atoms with E-state index in [-0.39, 0.29) is 12.6 Å². The molecule has 5 heteroatoms. The van der Waals surface area contributed by atoms with Crippen LogP contribution in [0.1, 0.15) is 46.1 Å². The van der Waals surface area contributed by atoms with Crippen molar-refractivity contribution in [2.45, 2.75) is 46.6 Å². The molecule has 0 saturated carbocycles. The third-order valence-electron chi connectivity index (χ3n) is 3.02. The zero-order valence-electron chi connectivity index (χ0n) is 12.6. The van der Waals surface area contributed by atoms with Crippen LogP contribution in [0.15, 0.2) is 6.33 Å². The summed E-state index contributed by atoms with van der Waals surface area (Å²) >= 11 is 0. The molecule has 0 saturated heterocycles. The first-order chi connectivity index (χ1) is 9.02. The van der Waals surface area contributed by atoms with Crippen molar-refractivity contribution in [1.29, 1.82) is 0 Å². The Morgan fingerprint density at radius 3 is 2.42 bits per heavy atom. The van der Waals surface area contributed by atoms with Gasteiger partial charge in [0.05, 0.1) is 6.61 Å². The van der Waals surface area contributed by atoms with E-state index in [1.807, 2.05) is 0 Å². The summed E-state index contributed by atoms with van der Waals surface area (Å²) in [5.41, 5.74) is 1.12. The number of nitrogens with one attached hydrogen (secondary N) is 1. The third-order valence-corrected chi connectivity index (χ3v) is 3.02. The summed E-state index contributed by atoms with van der Waals surface area (Å²) < 4.78 is 0. The van der Waals surface area contributed by atoms with Crippen LogP contribution < -0.4 is 10.2 Å². The summed E-state index contributed by atoms with van der Waals surface area (Å²) in [6.07, 6.45) is 1.59. The standard InChI is InChI=1S/C14H26N4O/c1-6-15-13-12(10(2)3)14(17-9-16-13)18(7-8-19)11(4)5/h9-11,19H,6-8H2,1-5H3,(H,15,16,17). The van der Waals surface area contributed by atoms with Crippen molar-refractivity contribution in [3.63, 3.8) is 0 Å². The molecule has 0 aliphatic carbocycles. The Labute approximate surface area is 116 Å². The van der Waals surface area contributed by atoms with Crippen LogP contribution in [0.3, 0.4) is 0 Å². The first-order valence-corrected chi connectivity index (χ1v) is 6.99. The second-order valence-electron chi connectivity index (χ2n) is 5.16. The molecule has 0 radical (unpaired) electrons. The van der Waals surface area contributed by atoms with Gasteiger partial charge in [0.2, 0.25) is 0 Å². The molecule has 108 valence electrons. The van der Waals surface area contributed by atoms with E-state index in [1.54, 1.807) is 6.33 Å². The van der Waals surface area contributed by atoms with Gasteiger partial charge in [-0.25, -0.2) is 9.97 Å². The van der Waals surface area contributed by atoms with Crippen molar-refractivity contribution in [3.8, 4) is 0 Å². The molecule has 5 nitrogen and oxygen atoms in total. The fraction of sp³-hybridized carbons (Fsp3) is 0.714. The van der Waals surface area contributed by atoms with Gasteiger partial charge in [-0.05, 0) is 26.7 Å². The Kier molecular flexibility index (Phi) is 6.02. The molecule has 19 heavy (non-hydrogen) atoms. The predicted molar refractivity (Wildman–Crippen MR) is 79.9 cm³/mol. The fourth-order valence-corrected chi connectivity index (χ4v) is 2.17. The van der Waals surface area contributed by atoms with Gasteiger partial charge in [0, 0.05) is 24.7 Å². The maximum absolute atomic E-state index is 9.25. The molecule has 1 aromatic heterocycles. The zero-order valence-corrected chi connectivity index (χ0v) is 12.6. The van der Waals surface area contributed by atoms with Gasteiger partial charge >= 0.3 is 0 Å². The fourth-order valence-electron chi connectivity index (χ4n) is 2.17. The minimum absolute atomic E-state index is 0.121. The molecule has 0 aromatic carbocycles. The molecule has 0 fully saturated rings. The third kappa shape index (κ3) is 3.80. The predicted octanol–water partition coefficient (Wildman–Crippen LogP) is 2.24. The van der Waals surface area contributed by atoms with Gasteiger partial charge in [-0.1, -0.05) is 13.8 Å². The normalized spacial score (nSPS) is 11.2. The Hall–Kier alpha value is -1.36. The quantitative estimate of drug-likeness (QED) is 0.792. The zero-order chi connectivity index (χ0) is 14.4. The Morgan fingerprint density at radius 2 is 1.95 bits per heavy atom. The maximum Gasteiger partial charge on any atom is 0.137 e. The second-order valence-corrected chi connectivity index (χ2v) is 5.16. The van der Waals surface area contributed by atoms with E-state index in [1.165, 1.54) is 0 Å². The van der Waals surface area contributed by atoms with E-state index >= 15 is 0 Å². The first kappa shape index (κ1) is 15.7. The molecule has 2 N–H and O–H groups in total. The summed E-state index contributed by atoms with van der Waals surface area (Å²) in [6.45, 7) is 12.1. The van der Waals surface area contributed by atoms with Crippen LogP contribution in [-0.4, -0.2) is 40.8 Å². The SMILES string of the molecule is CCNc1ncnc(N(CCO)C(C)C)c1C(C)C. The van der Waals surface area contributed by atoms with Gasteiger partial charge in [0.25, 0.3) is 0 Å². The van der Waals surface area contributed by atoms with Crippen molar-refractivity contribution < 1.29 is 5.11 Å². The Balaban J connectivity index is 3.27. The van der Waals surface area contributed by atoms with Crippen LogP contribution in [-0.2, 0) is 0 Å². The first-order valence-electron chi connectivity index (χ1n) is 6.99. The van der Waals surface area contributed by atoms with Crippen LogP contribution in [0.2, 0.25) is 0 Å². The molecular weight excluding hydrogens is 240 g/mol. The van der Waals surface area contributed by atoms with Crippen molar-refractivity contribution in [1.82, 2.24) is 9.97 Å². The molecule has 0 aliphatic heterocycles. The number of hydrogen-bond donors (Lipinski definition) is 2. The molecule has 0 unspecified atom stereocenters. The molecule has 1 rings (SSSR count). The lowest BCUT2D eigenvalue weighted by molar-refractivity contribution is 0.298. The smallest absolute Gasteiger partial charge is 0.137 e. The summed E-state index contributed by atoms with van der Waals surface area (Å²) in [5.74, 6) is 2.14. The molecule has 1 heterocycles. The summed E-state index contributed by atoms with van der Waals surface area (Å²) in [4.78, 5) is 10.9. The largest absolute Gasteiger partial charge is 0.395 e. The lowest BCUT2D eigenvalue weighted by Gasteiger charge is -2.30. The van der Waals surface area contributed by atoms with Gasteiger partial charge in [0.1, 0.15) is 18.0 Å². The number of anilines is 2. The number of aliphatic hydroxyl groups excluding tert-OH is 1. The van der Waals surface area contributed by atoms with Gasteiger partial charge in [0.15, 0.2) is 0 Å². The monoisotopic (exact) mass is 266 g/mol. The summed E-state index contributed by atoms with van der Waals surface area (Å²) in [6, 6.07) is 0.286. The van der Waals surface area contributed by atoms with Crippen LogP contribution >= 0.6 is 0 Å². The molecule has 0 amide bonds. The van der Waals surface area contributed by atoms with Crippen molar-refractivity contribution in [2.75, 3.05) is 29.9 Å². The number of aromatic nitrogens is 2. The minimum Gasteiger partial charge on any atom is -0.395 e. The van der Waals surface area contributed by atoms with Crippen molar-refractivity contribution in [2.24, 2.45) is 0 Å². The molecule has 0 spiro atoms. The highest BCUT2D eigenvalue weighted by molar-refractivity contribution is 5.60. The van der Waals surface area contributed by atoms with Gasteiger partial charge < -0.3 is 15.3 Å². The van der Waals surface area contributed by atoms with E-state index in [9.17, 15) is 5.11 Å². The van der Waals surface area contributed by atoms with E-state index in [0.29, 0.717) is 12.5 Å².